The number of nitrogens with one attached hydrogen (secondary N) is 3. The Hall–Kier alpha value is -1.93. The van der Waals surface area contributed by atoms with E-state index in [4.69, 9.17) is 0 Å². The first-order valence-electron chi connectivity index (χ1n) is 8.48. The number of aryl methyl sites for hydroxylation is 2. The summed E-state index contributed by atoms with van der Waals surface area (Å²) in [4.78, 5) is 22.3. The topological polar surface area (TPSA) is 78.4 Å². The minimum absolute atomic E-state index is 0.0861. The Bertz CT molecular complexity index is 757. The molecule has 0 radical (unpaired) electrons. The van der Waals surface area contributed by atoms with Crippen LogP contribution in [0, 0.1) is 13.8 Å². The van der Waals surface area contributed by atoms with Gasteiger partial charge in [-0.25, -0.2) is 9.98 Å². The van der Waals surface area contributed by atoms with Crippen LogP contribution in [-0.2, 0) is 6.54 Å². The Morgan fingerprint density at radius 2 is 1.85 bits per heavy atom. The van der Waals surface area contributed by atoms with E-state index in [1.54, 1.807) is 23.5 Å². The van der Waals surface area contributed by atoms with Crippen LogP contribution in [0.15, 0.2) is 33.7 Å². The number of carbonyl (C=O) groups excluding carboxylic acids is 1. The molecule has 2 rings (SSSR count). The summed E-state index contributed by atoms with van der Waals surface area (Å²) >= 11 is 5.03. The molecule has 6 nitrogen and oxygen atoms in total. The highest BCUT2D eigenvalue weighted by atomic mass is 79.9. The minimum atomic E-state index is -0.0861. The van der Waals surface area contributed by atoms with Crippen molar-refractivity contribution in [2.24, 2.45) is 4.99 Å². The maximum atomic E-state index is 12.1. The van der Waals surface area contributed by atoms with Gasteiger partial charge in [-0.3, -0.25) is 4.79 Å². The van der Waals surface area contributed by atoms with Crippen molar-refractivity contribution in [3.63, 3.8) is 0 Å². The van der Waals surface area contributed by atoms with Gasteiger partial charge in [0.15, 0.2) is 5.96 Å². The Morgan fingerprint density at radius 1 is 1.15 bits per heavy atom. The van der Waals surface area contributed by atoms with Crippen molar-refractivity contribution in [3.05, 3.63) is 49.9 Å². The van der Waals surface area contributed by atoms with Crippen LogP contribution < -0.4 is 16.0 Å². The maximum Gasteiger partial charge on any atom is 0.251 e. The van der Waals surface area contributed by atoms with Crippen LogP contribution in [0.5, 0.6) is 0 Å². The molecule has 1 aromatic heterocycles. The van der Waals surface area contributed by atoms with Gasteiger partial charge in [0.05, 0.1) is 17.2 Å². The molecule has 3 N–H and O–H groups in total. The van der Waals surface area contributed by atoms with Gasteiger partial charge in [-0.15, -0.1) is 11.3 Å². The van der Waals surface area contributed by atoms with Crippen LogP contribution >= 0.6 is 27.3 Å². The first-order valence-corrected chi connectivity index (χ1v) is 10.1. The van der Waals surface area contributed by atoms with Crippen molar-refractivity contribution in [2.45, 2.75) is 27.3 Å². The van der Waals surface area contributed by atoms with E-state index < -0.39 is 0 Å². The van der Waals surface area contributed by atoms with E-state index >= 15 is 0 Å². The van der Waals surface area contributed by atoms with Crippen molar-refractivity contribution in [3.8, 4) is 0 Å². The number of carbonyl (C=O) groups is 1. The molecular weight excluding hydrogens is 414 g/mol. The molecule has 1 amide bonds. The molecule has 26 heavy (non-hydrogen) atoms. The summed E-state index contributed by atoms with van der Waals surface area (Å²) in [5, 5.41) is 10.4. The molecule has 0 aliphatic heterocycles. The zero-order valence-corrected chi connectivity index (χ0v) is 17.6. The standard InChI is InChI=1S/C18H24BrN5OS/c1-4-20-18(23-11-16-12(2)24-13(3)26-16)22-10-9-21-17(25)14-5-7-15(19)8-6-14/h5-8H,4,9-11H2,1-3H3,(H,21,25)(H2,20,22,23). The summed E-state index contributed by atoms with van der Waals surface area (Å²) in [6.07, 6.45) is 0. The molecule has 1 aromatic carbocycles. The number of hydrogen-bond acceptors (Lipinski definition) is 4. The second kappa shape index (κ2) is 10.3. The molecule has 0 unspecified atom stereocenters. The van der Waals surface area contributed by atoms with Crippen molar-refractivity contribution < 1.29 is 4.79 Å². The summed E-state index contributed by atoms with van der Waals surface area (Å²) in [6, 6.07) is 7.29. The van der Waals surface area contributed by atoms with Gasteiger partial charge in [-0.2, -0.15) is 0 Å². The largest absolute Gasteiger partial charge is 0.357 e. The predicted molar refractivity (Wildman–Crippen MR) is 111 cm³/mol. The molecule has 0 aliphatic rings. The third kappa shape index (κ3) is 6.42. The monoisotopic (exact) mass is 437 g/mol. The average molecular weight is 438 g/mol. The zero-order valence-electron chi connectivity index (χ0n) is 15.2. The van der Waals surface area contributed by atoms with Crippen LogP contribution in [0.25, 0.3) is 0 Å². The lowest BCUT2D eigenvalue weighted by atomic mass is 10.2. The highest BCUT2D eigenvalue weighted by Crippen LogP contribution is 2.17. The molecule has 1 heterocycles. The molecular formula is C18H24BrN5OS. The molecule has 2 aromatic rings. The Balaban J connectivity index is 1.80. The fraction of sp³-hybridized carbons (Fsp3) is 0.389. The highest BCUT2D eigenvalue weighted by Gasteiger charge is 2.06. The first kappa shape index (κ1) is 20.4. The summed E-state index contributed by atoms with van der Waals surface area (Å²) in [6.45, 7) is 8.51. The molecule has 0 aliphatic carbocycles. The third-order valence-electron chi connectivity index (χ3n) is 3.53. The number of amides is 1. The lowest BCUT2D eigenvalue weighted by Gasteiger charge is -2.12. The lowest BCUT2D eigenvalue weighted by molar-refractivity contribution is 0.0954. The number of halogens is 1. The van der Waals surface area contributed by atoms with Gasteiger partial charge >= 0.3 is 0 Å². The quantitative estimate of drug-likeness (QED) is 0.353. The Labute approximate surface area is 166 Å². The number of aromatic nitrogens is 1. The maximum absolute atomic E-state index is 12.1. The number of benzene rings is 1. The fourth-order valence-electron chi connectivity index (χ4n) is 2.27. The second-order valence-corrected chi connectivity index (χ2v) is 7.83. The number of thiazole rings is 1. The van der Waals surface area contributed by atoms with Gasteiger partial charge in [0.1, 0.15) is 0 Å². The van der Waals surface area contributed by atoms with Crippen LogP contribution in [0.1, 0.15) is 32.9 Å². The number of nitrogens with zero attached hydrogens (tertiary/aromatic N) is 2. The molecule has 0 saturated heterocycles. The normalized spacial score (nSPS) is 11.3. The van der Waals surface area contributed by atoms with Gasteiger partial charge in [0.25, 0.3) is 5.91 Å². The summed E-state index contributed by atoms with van der Waals surface area (Å²) in [7, 11) is 0. The van der Waals surface area contributed by atoms with Crippen LogP contribution in [0.4, 0.5) is 0 Å². The van der Waals surface area contributed by atoms with Crippen molar-refractivity contribution in [2.75, 3.05) is 19.6 Å². The van der Waals surface area contributed by atoms with Gasteiger partial charge in [-0.1, -0.05) is 15.9 Å². The fourth-order valence-corrected chi connectivity index (χ4v) is 3.40. The third-order valence-corrected chi connectivity index (χ3v) is 5.12. The molecule has 0 fully saturated rings. The smallest absolute Gasteiger partial charge is 0.251 e. The van der Waals surface area contributed by atoms with E-state index in [2.05, 4.69) is 41.9 Å². The molecule has 0 bridgehead atoms. The van der Waals surface area contributed by atoms with Gasteiger partial charge in [0.2, 0.25) is 0 Å². The van der Waals surface area contributed by atoms with Gasteiger partial charge in [-0.05, 0) is 45.0 Å². The van der Waals surface area contributed by atoms with E-state index in [0.29, 0.717) is 25.2 Å². The Kier molecular flexibility index (Phi) is 8.06. The number of guanidine groups is 1. The predicted octanol–water partition coefficient (Wildman–Crippen LogP) is 3.01. The number of hydrogen-bond donors (Lipinski definition) is 3. The van der Waals surface area contributed by atoms with Crippen LogP contribution in [-0.4, -0.2) is 36.5 Å². The SMILES string of the molecule is CCNC(=NCc1sc(C)nc1C)NCCNC(=O)c1ccc(Br)cc1. The van der Waals surface area contributed by atoms with Crippen LogP contribution in [0.3, 0.4) is 0 Å². The van der Waals surface area contributed by atoms with Gasteiger partial charge < -0.3 is 16.0 Å². The molecule has 0 spiro atoms. The summed E-state index contributed by atoms with van der Waals surface area (Å²) in [5.41, 5.74) is 1.68. The molecule has 8 heteroatoms. The van der Waals surface area contributed by atoms with Crippen LogP contribution in [0.2, 0.25) is 0 Å². The van der Waals surface area contributed by atoms with E-state index in [1.807, 2.05) is 32.9 Å². The lowest BCUT2D eigenvalue weighted by Crippen LogP contribution is -2.41. The van der Waals surface area contributed by atoms with E-state index in [9.17, 15) is 4.79 Å². The number of aliphatic imine (C=N–C) groups is 1. The number of rotatable bonds is 7. The van der Waals surface area contributed by atoms with E-state index in [1.165, 1.54) is 4.88 Å². The summed E-state index contributed by atoms with van der Waals surface area (Å²) in [5.74, 6) is 0.646. The van der Waals surface area contributed by atoms with Crippen molar-refractivity contribution in [1.82, 2.24) is 20.9 Å². The molecule has 140 valence electrons. The minimum Gasteiger partial charge on any atom is -0.357 e. The molecule has 0 saturated carbocycles. The Morgan fingerprint density at radius 3 is 2.46 bits per heavy atom. The average Bonchev–Trinajstić information content (AvgIpc) is 2.94. The van der Waals surface area contributed by atoms with Crippen molar-refractivity contribution in [1.29, 1.82) is 0 Å². The van der Waals surface area contributed by atoms with E-state index in [0.717, 1.165) is 27.7 Å². The molecule has 0 atom stereocenters. The zero-order chi connectivity index (χ0) is 18.9. The second-order valence-electron chi connectivity index (χ2n) is 5.63. The van der Waals surface area contributed by atoms with E-state index in [-0.39, 0.29) is 5.91 Å². The summed E-state index contributed by atoms with van der Waals surface area (Å²) < 4.78 is 0.952. The van der Waals surface area contributed by atoms with Gasteiger partial charge in [0, 0.05) is 34.5 Å². The highest BCUT2D eigenvalue weighted by molar-refractivity contribution is 9.10. The first-order chi connectivity index (χ1) is 12.5. The van der Waals surface area contributed by atoms with Crippen molar-refractivity contribution >= 4 is 39.1 Å².